The van der Waals surface area contributed by atoms with E-state index in [-0.39, 0.29) is 12.0 Å². The second-order valence-electron chi connectivity index (χ2n) is 3.12. The van der Waals surface area contributed by atoms with E-state index in [9.17, 15) is 9.18 Å². The summed E-state index contributed by atoms with van der Waals surface area (Å²) < 4.78 is 17.8. The number of anilines is 1. The summed E-state index contributed by atoms with van der Waals surface area (Å²) in [6.07, 6.45) is 5.00. The molecule has 0 bridgehead atoms. The van der Waals surface area contributed by atoms with Gasteiger partial charge >= 0.3 is 5.97 Å². The highest BCUT2D eigenvalue weighted by molar-refractivity contribution is 5.73. The summed E-state index contributed by atoms with van der Waals surface area (Å²) in [5.41, 5.74) is 0.965. The monoisotopic (exact) mass is 221 g/mol. The van der Waals surface area contributed by atoms with Gasteiger partial charge in [0.2, 0.25) is 0 Å². The molecule has 0 saturated carbocycles. The molecule has 0 atom stereocenters. The maximum Gasteiger partial charge on any atom is 0.310 e. The van der Waals surface area contributed by atoms with Crippen molar-refractivity contribution in [3.8, 4) is 12.3 Å². The molecule has 1 rings (SSSR count). The number of nitrogens with one attached hydrogen (secondary N) is 1. The van der Waals surface area contributed by atoms with Crippen LogP contribution in [0.4, 0.5) is 10.1 Å². The number of terminal acetylenes is 1. The molecule has 0 fully saturated rings. The van der Waals surface area contributed by atoms with Gasteiger partial charge in [0, 0.05) is 11.3 Å². The zero-order valence-corrected chi connectivity index (χ0v) is 8.92. The molecular formula is C12H12FNO2. The number of hydrogen-bond donors (Lipinski definition) is 1. The third kappa shape index (κ3) is 3.28. The van der Waals surface area contributed by atoms with Gasteiger partial charge in [0.1, 0.15) is 5.82 Å². The lowest BCUT2D eigenvalue weighted by molar-refractivity contribution is -0.139. The lowest BCUT2D eigenvalue weighted by atomic mass is 10.1. The van der Waals surface area contributed by atoms with Crippen molar-refractivity contribution in [2.24, 2.45) is 0 Å². The van der Waals surface area contributed by atoms with E-state index in [1.807, 2.05) is 0 Å². The van der Waals surface area contributed by atoms with Gasteiger partial charge < -0.3 is 10.1 Å². The molecular weight excluding hydrogens is 209 g/mol. The number of hydrogen-bond acceptors (Lipinski definition) is 3. The topological polar surface area (TPSA) is 38.3 Å². The Bertz CT molecular complexity index is 424. The van der Waals surface area contributed by atoms with Crippen molar-refractivity contribution in [1.82, 2.24) is 0 Å². The third-order valence-corrected chi connectivity index (χ3v) is 2.00. The number of ether oxygens (including phenoxy) is 1. The Labute approximate surface area is 93.6 Å². The minimum Gasteiger partial charge on any atom is -0.469 e. The summed E-state index contributed by atoms with van der Waals surface area (Å²) in [4.78, 5) is 11.0. The van der Waals surface area contributed by atoms with Gasteiger partial charge in [-0.05, 0) is 18.2 Å². The van der Waals surface area contributed by atoms with Crippen molar-refractivity contribution in [1.29, 1.82) is 0 Å². The SMILES string of the molecule is C#CCNc1ccc(F)c(CC(=O)OC)c1. The van der Waals surface area contributed by atoms with E-state index in [0.717, 1.165) is 0 Å². The zero-order chi connectivity index (χ0) is 12.0. The van der Waals surface area contributed by atoms with E-state index in [0.29, 0.717) is 12.2 Å². The van der Waals surface area contributed by atoms with E-state index < -0.39 is 11.8 Å². The molecule has 16 heavy (non-hydrogen) atoms. The molecule has 0 amide bonds. The first-order valence-electron chi connectivity index (χ1n) is 4.70. The number of rotatable bonds is 4. The number of carbonyl (C=O) groups excluding carboxylic acids is 1. The molecule has 1 N–H and O–H groups in total. The van der Waals surface area contributed by atoms with Gasteiger partial charge in [-0.1, -0.05) is 5.92 Å². The van der Waals surface area contributed by atoms with Crippen molar-refractivity contribution < 1.29 is 13.9 Å². The first-order valence-corrected chi connectivity index (χ1v) is 4.70. The average Bonchev–Trinajstić information content (AvgIpc) is 2.30. The van der Waals surface area contributed by atoms with Crippen LogP contribution >= 0.6 is 0 Å². The van der Waals surface area contributed by atoms with E-state index in [1.165, 1.54) is 13.2 Å². The molecule has 1 aromatic carbocycles. The van der Waals surface area contributed by atoms with E-state index in [1.54, 1.807) is 12.1 Å². The summed E-state index contributed by atoms with van der Waals surface area (Å²) in [5.74, 6) is 1.49. The van der Waals surface area contributed by atoms with Crippen molar-refractivity contribution >= 4 is 11.7 Å². The number of halogens is 1. The summed E-state index contributed by atoms with van der Waals surface area (Å²) in [7, 11) is 1.26. The van der Waals surface area contributed by atoms with Crippen LogP contribution in [0.5, 0.6) is 0 Å². The minimum absolute atomic E-state index is 0.0894. The predicted molar refractivity (Wildman–Crippen MR) is 59.4 cm³/mol. The van der Waals surface area contributed by atoms with Crippen molar-refractivity contribution in [2.75, 3.05) is 19.0 Å². The summed E-state index contributed by atoms with van der Waals surface area (Å²) in [6, 6.07) is 4.40. The molecule has 1 aromatic rings. The van der Waals surface area contributed by atoms with Gasteiger partial charge in [-0.2, -0.15) is 0 Å². The predicted octanol–water partition coefficient (Wildman–Crippen LogP) is 1.59. The number of methoxy groups -OCH3 is 1. The van der Waals surface area contributed by atoms with Gasteiger partial charge in [-0.3, -0.25) is 4.79 Å². The number of benzene rings is 1. The Kier molecular flexibility index (Phi) is 4.34. The molecule has 0 aliphatic heterocycles. The van der Waals surface area contributed by atoms with E-state index >= 15 is 0 Å². The Morgan fingerprint density at radius 1 is 1.62 bits per heavy atom. The minimum atomic E-state index is -0.479. The van der Waals surface area contributed by atoms with Crippen LogP contribution in [-0.4, -0.2) is 19.6 Å². The highest BCUT2D eigenvalue weighted by Crippen LogP contribution is 2.15. The van der Waals surface area contributed by atoms with Crippen LogP contribution in [-0.2, 0) is 16.0 Å². The second-order valence-corrected chi connectivity index (χ2v) is 3.12. The Hall–Kier alpha value is -2.02. The van der Waals surface area contributed by atoms with Gasteiger partial charge in [0.15, 0.2) is 0 Å². The van der Waals surface area contributed by atoms with E-state index in [4.69, 9.17) is 6.42 Å². The molecule has 4 heteroatoms. The standard InChI is InChI=1S/C12H12FNO2/c1-3-6-14-10-4-5-11(13)9(7-10)8-12(15)16-2/h1,4-5,7,14H,6,8H2,2H3. The molecule has 0 radical (unpaired) electrons. The van der Waals surface area contributed by atoms with Crippen LogP contribution in [0.1, 0.15) is 5.56 Å². The van der Waals surface area contributed by atoms with Gasteiger partial charge in [-0.25, -0.2) is 4.39 Å². The maximum atomic E-state index is 13.3. The smallest absolute Gasteiger partial charge is 0.310 e. The zero-order valence-electron chi connectivity index (χ0n) is 8.92. The molecule has 0 spiro atoms. The molecule has 0 heterocycles. The normalized spacial score (nSPS) is 9.31. The summed E-state index contributed by atoms with van der Waals surface area (Å²) in [5, 5.41) is 2.90. The Morgan fingerprint density at radius 2 is 2.38 bits per heavy atom. The van der Waals surface area contributed by atoms with Crippen molar-refractivity contribution in [2.45, 2.75) is 6.42 Å². The van der Waals surface area contributed by atoms with Crippen molar-refractivity contribution in [3.63, 3.8) is 0 Å². The summed E-state index contributed by atoms with van der Waals surface area (Å²) >= 11 is 0. The van der Waals surface area contributed by atoms with Crippen LogP contribution in [0, 0.1) is 18.2 Å². The highest BCUT2D eigenvalue weighted by Gasteiger charge is 2.08. The molecule has 0 aliphatic carbocycles. The number of esters is 1. The molecule has 0 unspecified atom stereocenters. The van der Waals surface area contributed by atoms with Gasteiger partial charge in [-0.15, -0.1) is 6.42 Å². The first-order chi connectivity index (χ1) is 7.67. The highest BCUT2D eigenvalue weighted by atomic mass is 19.1. The average molecular weight is 221 g/mol. The van der Waals surface area contributed by atoms with Crippen LogP contribution in [0.15, 0.2) is 18.2 Å². The quantitative estimate of drug-likeness (QED) is 0.619. The van der Waals surface area contributed by atoms with Gasteiger partial charge in [0.25, 0.3) is 0 Å². The van der Waals surface area contributed by atoms with Crippen LogP contribution in [0.3, 0.4) is 0 Å². The number of carbonyl (C=O) groups is 1. The first kappa shape index (κ1) is 12.1. The lowest BCUT2D eigenvalue weighted by Gasteiger charge is -2.06. The Balaban J connectivity index is 2.82. The fraction of sp³-hybridized carbons (Fsp3) is 0.250. The van der Waals surface area contributed by atoms with Crippen molar-refractivity contribution in [3.05, 3.63) is 29.6 Å². The molecule has 84 valence electrons. The van der Waals surface area contributed by atoms with Crippen LogP contribution in [0.2, 0.25) is 0 Å². The largest absolute Gasteiger partial charge is 0.469 e. The fourth-order valence-electron chi connectivity index (χ4n) is 1.20. The van der Waals surface area contributed by atoms with E-state index in [2.05, 4.69) is 16.0 Å². The van der Waals surface area contributed by atoms with Crippen LogP contribution in [0.25, 0.3) is 0 Å². The summed E-state index contributed by atoms with van der Waals surface area (Å²) in [6.45, 7) is 0.350. The maximum absolute atomic E-state index is 13.3. The van der Waals surface area contributed by atoms with Crippen LogP contribution < -0.4 is 5.32 Å². The molecule has 0 aliphatic rings. The molecule has 0 saturated heterocycles. The lowest BCUT2D eigenvalue weighted by Crippen LogP contribution is -2.07. The molecule has 0 aromatic heterocycles. The fourth-order valence-corrected chi connectivity index (χ4v) is 1.20. The molecule has 3 nitrogen and oxygen atoms in total. The second kappa shape index (κ2) is 5.76. The Morgan fingerprint density at radius 3 is 3.00 bits per heavy atom. The third-order valence-electron chi connectivity index (χ3n) is 2.00. The van der Waals surface area contributed by atoms with Gasteiger partial charge in [0.05, 0.1) is 20.1 Å².